The van der Waals surface area contributed by atoms with E-state index in [0.29, 0.717) is 43.3 Å². The van der Waals surface area contributed by atoms with Gasteiger partial charge in [0.15, 0.2) is 0 Å². The maximum atomic E-state index is 12.3. The second-order valence-corrected chi connectivity index (χ2v) is 7.77. The van der Waals surface area contributed by atoms with Gasteiger partial charge in [0.2, 0.25) is 11.7 Å². The standard InChI is InChI=1S/C22H30N4O4/c1-2-3-4-5-6-7-13-23-20(27)17-10-8-16(9-11-17)19-24-21(30-25-19)18-12-14-26(15-18)22(28)29/h8-11,18H,2-7,12-15H2,1H3,(H,23,27)(H,28,29)/t18-/m1/s1. The summed E-state index contributed by atoms with van der Waals surface area (Å²) in [6, 6.07) is 7.10. The van der Waals surface area contributed by atoms with Crippen LogP contribution >= 0.6 is 0 Å². The van der Waals surface area contributed by atoms with E-state index in [2.05, 4.69) is 22.4 Å². The molecule has 1 aromatic heterocycles. The van der Waals surface area contributed by atoms with E-state index in [1.165, 1.54) is 30.6 Å². The van der Waals surface area contributed by atoms with E-state index in [0.717, 1.165) is 18.4 Å². The third kappa shape index (κ3) is 5.81. The predicted molar refractivity (Wildman–Crippen MR) is 112 cm³/mol. The maximum Gasteiger partial charge on any atom is 0.407 e. The van der Waals surface area contributed by atoms with E-state index in [1.807, 2.05) is 0 Å². The number of nitrogens with zero attached hydrogens (tertiary/aromatic N) is 3. The molecule has 8 nitrogen and oxygen atoms in total. The number of rotatable bonds is 10. The minimum absolute atomic E-state index is 0.0747. The SMILES string of the molecule is CCCCCCCCNC(=O)c1ccc(-c2noc([C@@H]3CCN(C(=O)O)C3)n2)cc1. The first-order valence-corrected chi connectivity index (χ1v) is 10.8. The van der Waals surface area contributed by atoms with Crippen LogP contribution in [0.3, 0.4) is 0 Å². The van der Waals surface area contributed by atoms with Crippen LogP contribution < -0.4 is 5.32 Å². The van der Waals surface area contributed by atoms with Gasteiger partial charge in [-0.1, -0.05) is 56.3 Å². The van der Waals surface area contributed by atoms with Crippen LogP contribution in [0.15, 0.2) is 28.8 Å². The van der Waals surface area contributed by atoms with E-state index < -0.39 is 6.09 Å². The quantitative estimate of drug-likeness (QED) is 0.561. The number of hydrogen-bond donors (Lipinski definition) is 2. The van der Waals surface area contributed by atoms with Crippen molar-refractivity contribution in [2.24, 2.45) is 0 Å². The Balaban J connectivity index is 1.48. The molecule has 162 valence electrons. The lowest BCUT2D eigenvalue weighted by Crippen LogP contribution is -2.26. The highest BCUT2D eigenvalue weighted by Gasteiger charge is 2.31. The van der Waals surface area contributed by atoms with Gasteiger partial charge in [-0.25, -0.2) is 4.79 Å². The van der Waals surface area contributed by atoms with Crippen molar-refractivity contribution in [2.75, 3.05) is 19.6 Å². The molecule has 0 aliphatic carbocycles. The molecule has 1 aliphatic rings. The Labute approximate surface area is 176 Å². The van der Waals surface area contributed by atoms with Crippen molar-refractivity contribution in [3.8, 4) is 11.4 Å². The summed E-state index contributed by atoms with van der Waals surface area (Å²) in [5, 5.41) is 16.0. The van der Waals surface area contributed by atoms with Gasteiger partial charge in [0.05, 0.1) is 5.92 Å². The zero-order valence-electron chi connectivity index (χ0n) is 17.5. The summed E-state index contributed by atoms with van der Waals surface area (Å²) in [7, 11) is 0. The Bertz CT molecular complexity index is 834. The molecule has 2 amide bonds. The summed E-state index contributed by atoms with van der Waals surface area (Å²) in [4.78, 5) is 29.1. The van der Waals surface area contributed by atoms with Gasteiger partial charge in [-0.05, 0) is 25.0 Å². The third-order valence-corrected chi connectivity index (χ3v) is 5.47. The normalized spacial score (nSPS) is 16.0. The summed E-state index contributed by atoms with van der Waals surface area (Å²) in [6.07, 6.45) is 6.89. The lowest BCUT2D eigenvalue weighted by Gasteiger charge is -2.09. The molecule has 30 heavy (non-hydrogen) atoms. The molecule has 0 bridgehead atoms. The average Bonchev–Trinajstić information content (AvgIpc) is 3.43. The number of likely N-dealkylation sites (tertiary alicyclic amines) is 1. The Morgan fingerprint density at radius 1 is 1.17 bits per heavy atom. The van der Waals surface area contributed by atoms with Crippen molar-refractivity contribution in [3.05, 3.63) is 35.7 Å². The summed E-state index contributed by atoms with van der Waals surface area (Å²) >= 11 is 0. The second kappa shape index (κ2) is 10.8. The summed E-state index contributed by atoms with van der Waals surface area (Å²) in [6.45, 7) is 3.73. The fraction of sp³-hybridized carbons (Fsp3) is 0.545. The molecule has 2 N–H and O–H groups in total. The summed E-state index contributed by atoms with van der Waals surface area (Å²) in [5.41, 5.74) is 1.35. The molecule has 1 aliphatic heterocycles. The smallest absolute Gasteiger partial charge is 0.407 e. The molecule has 8 heteroatoms. The third-order valence-electron chi connectivity index (χ3n) is 5.47. The van der Waals surface area contributed by atoms with Crippen LogP contribution in [-0.4, -0.2) is 51.8 Å². The Morgan fingerprint density at radius 2 is 1.90 bits per heavy atom. The van der Waals surface area contributed by atoms with E-state index in [4.69, 9.17) is 9.63 Å². The van der Waals surface area contributed by atoms with Crippen molar-refractivity contribution in [1.29, 1.82) is 0 Å². The summed E-state index contributed by atoms with van der Waals surface area (Å²) in [5.74, 6) is 0.741. The molecular weight excluding hydrogens is 384 g/mol. The van der Waals surface area contributed by atoms with Gasteiger partial charge in [-0.2, -0.15) is 4.98 Å². The topological polar surface area (TPSA) is 109 Å². The molecule has 2 aromatic rings. The van der Waals surface area contributed by atoms with Gasteiger partial charge in [-0.3, -0.25) is 4.79 Å². The van der Waals surface area contributed by atoms with Gasteiger partial charge in [-0.15, -0.1) is 0 Å². The van der Waals surface area contributed by atoms with Gasteiger partial charge < -0.3 is 19.8 Å². The van der Waals surface area contributed by atoms with Crippen LogP contribution in [0, 0.1) is 0 Å². The lowest BCUT2D eigenvalue weighted by atomic mass is 10.1. The Kier molecular flexibility index (Phi) is 7.82. The number of aromatic nitrogens is 2. The molecule has 0 radical (unpaired) electrons. The molecule has 2 heterocycles. The van der Waals surface area contributed by atoms with Crippen LogP contribution in [0.25, 0.3) is 11.4 Å². The largest absolute Gasteiger partial charge is 0.465 e. The van der Waals surface area contributed by atoms with Gasteiger partial charge >= 0.3 is 6.09 Å². The Hall–Kier alpha value is -2.90. The fourth-order valence-electron chi connectivity index (χ4n) is 3.63. The van der Waals surface area contributed by atoms with Crippen LogP contribution in [0.4, 0.5) is 4.79 Å². The lowest BCUT2D eigenvalue weighted by molar-refractivity contribution is 0.0953. The van der Waals surface area contributed by atoms with Gasteiger partial charge in [0.1, 0.15) is 0 Å². The molecule has 0 spiro atoms. The number of carbonyl (C=O) groups excluding carboxylic acids is 1. The molecule has 1 atom stereocenters. The molecule has 0 saturated carbocycles. The monoisotopic (exact) mass is 414 g/mol. The zero-order valence-corrected chi connectivity index (χ0v) is 17.5. The first kappa shape index (κ1) is 21.8. The van der Waals surface area contributed by atoms with Crippen molar-refractivity contribution >= 4 is 12.0 Å². The molecule has 1 saturated heterocycles. The first-order chi connectivity index (χ1) is 14.6. The van der Waals surface area contributed by atoms with Crippen molar-refractivity contribution < 1.29 is 19.2 Å². The predicted octanol–water partition coefficient (Wildman–Crippen LogP) is 4.29. The minimum Gasteiger partial charge on any atom is -0.465 e. The molecule has 1 aromatic carbocycles. The van der Waals surface area contributed by atoms with E-state index in [-0.39, 0.29) is 11.8 Å². The molecule has 3 rings (SSSR count). The van der Waals surface area contributed by atoms with Crippen LogP contribution in [0.2, 0.25) is 0 Å². The second-order valence-electron chi connectivity index (χ2n) is 7.77. The van der Waals surface area contributed by atoms with E-state index in [9.17, 15) is 9.59 Å². The highest BCUT2D eigenvalue weighted by atomic mass is 16.5. The van der Waals surface area contributed by atoms with E-state index in [1.54, 1.807) is 24.3 Å². The number of carboxylic acid groups (broad SMARTS) is 1. The van der Waals surface area contributed by atoms with Crippen LogP contribution in [0.1, 0.15) is 74.0 Å². The molecule has 0 unspecified atom stereocenters. The van der Waals surface area contributed by atoms with Crippen molar-refractivity contribution in [2.45, 2.75) is 57.8 Å². The molecular formula is C22H30N4O4. The molecule has 1 fully saturated rings. The highest BCUT2D eigenvalue weighted by Crippen LogP contribution is 2.27. The van der Waals surface area contributed by atoms with Gasteiger partial charge in [0.25, 0.3) is 5.91 Å². The minimum atomic E-state index is -0.928. The number of amides is 2. The van der Waals surface area contributed by atoms with E-state index >= 15 is 0 Å². The zero-order chi connectivity index (χ0) is 21.3. The van der Waals surface area contributed by atoms with Gasteiger partial charge in [0, 0.05) is 30.8 Å². The average molecular weight is 415 g/mol. The number of carbonyl (C=O) groups is 2. The van der Waals surface area contributed by atoms with Crippen LogP contribution in [-0.2, 0) is 0 Å². The van der Waals surface area contributed by atoms with Crippen LogP contribution in [0.5, 0.6) is 0 Å². The fourth-order valence-corrected chi connectivity index (χ4v) is 3.63. The summed E-state index contributed by atoms with van der Waals surface area (Å²) < 4.78 is 5.35. The maximum absolute atomic E-state index is 12.3. The number of nitrogens with one attached hydrogen (secondary N) is 1. The number of hydrogen-bond acceptors (Lipinski definition) is 5. The Morgan fingerprint density at radius 3 is 2.60 bits per heavy atom. The van der Waals surface area contributed by atoms with Crippen molar-refractivity contribution in [1.82, 2.24) is 20.4 Å². The number of unbranched alkanes of at least 4 members (excludes halogenated alkanes) is 5. The van der Waals surface area contributed by atoms with Crippen molar-refractivity contribution in [3.63, 3.8) is 0 Å². The number of benzene rings is 1. The first-order valence-electron chi connectivity index (χ1n) is 10.8. The highest BCUT2D eigenvalue weighted by molar-refractivity contribution is 5.94.